The van der Waals surface area contributed by atoms with Gasteiger partial charge >= 0.3 is 0 Å². The van der Waals surface area contributed by atoms with Crippen LogP contribution in [0.1, 0.15) is 83.3 Å². The zero-order chi connectivity index (χ0) is 19.4. The van der Waals surface area contributed by atoms with E-state index in [9.17, 15) is 0 Å². The van der Waals surface area contributed by atoms with Gasteiger partial charge in [-0.25, -0.2) is 0 Å². The van der Waals surface area contributed by atoms with Gasteiger partial charge < -0.3 is 15.2 Å². The highest BCUT2D eigenvalue weighted by molar-refractivity contribution is 5.53. The van der Waals surface area contributed by atoms with Gasteiger partial charge in [-0.15, -0.1) is 0 Å². The number of ether oxygens (including phenoxy) is 2. The minimum atomic E-state index is -0.147. The first-order valence-electron chi connectivity index (χ1n) is 10.8. The van der Waals surface area contributed by atoms with Crippen LogP contribution in [0.5, 0.6) is 11.5 Å². The van der Waals surface area contributed by atoms with Gasteiger partial charge in [0, 0.05) is 17.4 Å². The monoisotopic (exact) mass is 371 g/mol. The van der Waals surface area contributed by atoms with Crippen LogP contribution in [-0.2, 0) is 6.42 Å². The van der Waals surface area contributed by atoms with Gasteiger partial charge in [-0.1, -0.05) is 31.4 Å². The highest BCUT2D eigenvalue weighted by Crippen LogP contribution is 2.54. The molecule has 0 amide bonds. The van der Waals surface area contributed by atoms with Gasteiger partial charge in [0.05, 0.1) is 6.61 Å². The highest BCUT2D eigenvalue weighted by Gasteiger charge is 2.45. The Kier molecular flexibility index (Phi) is 6.52. The highest BCUT2D eigenvalue weighted by atomic mass is 16.5. The summed E-state index contributed by atoms with van der Waals surface area (Å²) in [5.74, 6) is 3.06. The van der Waals surface area contributed by atoms with E-state index in [1.807, 2.05) is 0 Å². The largest absolute Gasteiger partial charge is 0.493 e. The van der Waals surface area contributed by atoms with E-state index in [1.165, 1.54) is 36.0 Å². The molecular weight excluding hydrogens is 334 g/mol. The van der Waals surface area contributed by atoms with Crippen molar-refractivity contribution in [2.24, 2.45) is 11.7 Å². The van der Waals surface area contributed by atoms with Gasteiger partial charge in [-0.05, 0) is 77.1 Å². The lowest BCUT2D eigenvalue weighted by Crippen LogP contribution is -2.45. The molecule has 1 heterocycles. The van der Waals surface area contributed by atoms with Gasteiger partial charge in [0.1, 0.15) is 17.1 Å². The quantitative estimate of drug-likeness (QED) is 0.467. The zero-order valence-electron chi connectivity index (χ0n) is 17.6. The first-order valence-corrected chi connectivity index (χ1v) is 10.8. The van der Waals surface area contributed by atoms with E-state index < -0.39 is 0 Å². The number of benzene rings is 1. The number of unbranched alkanes of at least 4 members (excludes halogenated alkanes) is 2. The molecule has 0 saturated carbocycles. The number of allylic oxidation sites excluding steroid dienone is 2. The van der Waals surface area contributed by atoms with Crippen molar-refractivity contribution in [1.29, 1.82) is 0 Å². The van der Waals surface area contributed by atoms with Crippen molar-refractivity contribution >= 4 is 0 Å². The molecule has 2 atom stereocenters. The normalized spacial score (nSPS) is 23.1. The summed E-state index contributed by atoms with van der Waals surface area (Å²) in [5.41, 5.74) is 9.66. The topological polar surface area (TPSA) is 44.5 Å². The molecule has 27 heavy (non-hydrogen) atoms. The predicted molar refractivity (Wildman–Crippen MR) is 113 cm³/mol. The number of nitrogens with two attached hydrogens (primary N) is 1. The van der Waals surface area contributed by atoms with Crippen LogP contribution in [0, 0.1) is 5.92 Å². The Morgan fingerprint density at radius 3 is 2.78 bits per heavy atom. The van der Waals surface area contributed by atoms with Crippen LogP contribution < -0.4 is 15.2 Å². The average molecular weight is 372 g/mol. The Morgan fingerprint density at radius 1 is 1.22 bits per heavy atom. The summed E-state index contributed by atoms with van der Waals surface area (Å²) in [6, 6.07) is 4.56. The molecule has 0 spiro atoms. The van der Waals surface area contributed by atoms with E-state index in [0.717, 1.165) is 37.2 Å². The van der Waals surface area contributed by atoms with Crippen molar-refractivity contribution < 1.29 is 9.47 Å². The van der Waals surface area contributed by atoms with Gasteiger partial charge in [-0.2, -0.15) is 0 Å². The summed E-state index contributed by atoms with van der Waals surface area (Å²) in [7, 11) is 0. The lowest BCUT2D eigenvalue weighted by atomic mass is 9.67. The third-order valence-electron chi connectivity index (χ3n) is 6.22. The Labute approximate surface area is 165 Å². The lowest BCUT2D eigenvalue weighted by Gasteiger charge is -2.47. The second-order valence-electron chi connectivity index (χ2n) is 8.86. The first kappa shape index (κ1) is 20.3. The standard InChI is InChI=1S/C24H37NO2/c1-5-6-7-9-18-15-21(26-13-8-12-25)23-19-14-17(2)10-11-20(19)24(3,4)27-22(23)16-18/h10,15-16,19-20H,5-9,11-14,25H2,1-4H3/t19-,20+/m1/s1. The fourth-order valence-electron chi connectivity index (χ4n) is 4.71. The smallest absolute Gasteiger partial charge is 0.127 e. The van der Waals surface area contributed by atoms with Crippen LogP contribution in [0.4, 0.5) is 0 Å². The summed E-state index contributed by atoms with van der Waals surface area (Å²) in [6.07, 6.45) is 10.3. The number of hydrogen-bond acceptors (Lipinski definition) is 3. The summed E-state index contributed by atoms with van der Waals surface area (Å²) in [5, 5.41) is 0. The van der Waals surface area contributed by atoms with E-state index in [-0.39, 0.29) is 5.60 Å². The molecule has 0 bridgehead atoms. The number of fused-ring (bicyclic) bond motifs is 3. The third kappa shape index (κ3) is 4.51. The second kappa shape index (κ2) is 8.68. The molecule has 0 unspecified atom stereocenters. The SMILES string of the molecule is CCCCCc1cc(OCCCN)c2c(c1)OC(C)(C)[C@H]1CC=C(C)C[C@@H]21. The van der Waals surface area contributed by atoms with E-state index in [2.05, 4.69) is 45.9 Å². The van der Waals surface area contributed by atoms with E-state index in [0.29, 0.717) is 25.0 Å². The second-order valence-corrected chi connectivity index (χ2v) is 8.86. The van der Waals surface area contributed by atoms with Gasteiger partial charge in [0.25, 0.3) is 0 Å². The van der Waals surface area contributed by atoms with Crippen LogP contribution in [0.25, 0.3) is 0 Å². The fraction of sp³-hybridized carbons (Fsp3) is 0.667. The molecule has 0 saturated heterocycles. The van der Waals surface area contributed by atoms with Gasteiger partial charge in [0.15, 0.2) is 0 Å². The Hall–Kier alpha value is -1.48. The van der Waals surface area contributed by atoms with E-state index in [4.69, 9.17) is 15.2 Å². The molecule has 2 aliphatic rings. The maximum Gasteiger partial charge on any atom is 0.127 e. The minimum absolute atomic E-state index is 0.147. The Morgan fingerprint density at radius 2 is 2.04 bits per heavy atom. The van der Waals surface area contributed by atoms with Crippen molar-refractivity contribution in [2.75, 3.05) is 13.2 Å². The number of rotatable bonds is 8. The van der Waals surface area contributed by atoms with Crippen molar-refractivity contribution in [3.8, 4) is 11.5 Å². The molecular formula is C24H37NO2. The summed E-state index contributed by atoms with van der Waals surface area (Å²) in [4.78, 5) is 0. The molecule has 0 fully saturated rings. The van der Waals surface area contributed by atoms with Crippen molar-refractivity contribution in [2.45, 2.75) is 84.2 Å². The maximum atomic E-state index is 6.58. The molecule has 1 aliphatic carbocycles. The molecule has 3 rings (SSSR count). The summed E-state index contributed by atoms with van der Waals surface area (Å²) < 4.78 is 12.8. The molecule has 0 radical (unpaired) electrons. The third-order valence-corrected chi connectivity index (χ3v) is 6.22. The summed E-state index contributed by atoms with van der Waals surface area (Å²) >= 11 is 0. The van der Waals surface area contributed by atoms with Crippen LogP contribution in [0.15, 0.2) is 23.8 Å². The van der Waals surface area contributed by atoms with Crippen molar-refractivity contribution in [3.63, 3.8) is 0 Å². The molecule has 150 valence electrons. The molecule has 3 heteroatoms. The molecule has 1 aromatic rings. The lowest BCUT2D eigenvalue weighted by molar-refractivity contribution is 0.00724. The molecule has 2 N–H and O–H groups in total. The molecule has 3 nitrogen and oxygen atoms in total. The predicted octanol–water partition coefficient (Wildman–Crippen LogP) is 5.76. The molecule has 0 aromatic heterocycles. The Bertz CT molecular complexity index is 677. The number of aryl methyl sites for hydroxylation is 1. The Balaban J connectivity index is 1.98. The van der Waals surface area contributed by atoms with Crippen LogP contribution in [-0.4, -0.2) is 18.8 Å². The minimum Gasteiger partial charge on any atom is -0.493 e. The number of hydrogen-bond donors (Lipinski definition) is 1. The van der Waals surface area contributed by atoms with Crippen LogP contribution in [0.3, 0.4) is 0 Å². The van der Waals surface area contributed by atoms with Crippen molar-refractivity contribution in [3.05, 3.63) is 34.9 Å². The molecule has 1 aliphatic heterocycles. The van der Waals surface area contributed by atoms with Crippen molar-refractivity contribution in [1.82, 2.24) is 0 Å². The fourth-order valence-corrected chi connectivity index (χ4v) is 4.71. The average Bonchev–Trinajstić information content (AvgIpc) is 2.61. The van der Waals surface area contributed by atoms with Gasteiger partial charge in [0.2, 0.25) is 0 Å². The van der Waals surface area contributed by atoms with Gasteiger partial charge in [-0.3, -0.25) is 0 Å². The zero-order valence-corrected chi connectivity index (χ0v) is 17.6. The first-order chi connectivity index (χ1) is 13.0. The van der Waals surface area contributed by atoms with Crippen LogP contribution >= 0.6 is 0 Å². The van der Waals surface area contributed by atoms with E-state index in [1.54, 1.807) is 0 Å². The maximum absolute atomic E-state index is 6.58. The molecule has 1 aromatic carbocycles. The summed E-state index contributed by atoms with van der Waals surface area (Å²) in [6.45, 7) is 10.3. The van der Waals surface area contributed by atoms with Crippen LogP contribution in [0.2, 0.25) is 0 Å². The van der Waals surface area contributed by atoms with E-state index >= 15 is 0 Å².